The van der Waals surface area contributed by atoms with Crippen LogP contribution in [0.1, 0.15) is 6.92 Å². The molecule has 0 radical (unpaired) electrons. The molecule has 0 unspecified atom stereocenters. The fraction of sp³-hybridized carbons (Fsp3) is 0.300. The summed E-state index contributed by atoms with van der Waals surface area (Å²) in [6, 6.07) is 0.687. The largest absolute Gasteiger partial charge is 0.329 e. The van der Waals surface area contributed by atoms with Gasteiger partial charge in [-0.1, -0.05) is 0 Å². The molecule has 0 amide bonds. The number of rotatable bonds is 4. The third-order valence-corrected chi connectivity index (χ3v) is 4.14. The van der Waals surface area contributed by atoms with Gasteiger partial charge in [0.2, 0.25) is 10.0 Å². The summed E-state index contributed by atoms with van der Waals surface area (Å²) in [4.78, 5) is 30.6. The minimum absolute atomic E-state index is 0.0181. The number of hydrogen-bond donors (Lipinski definition) is 4. The zero-order valence-electron chi connectivity index (χ0n) is 10.5. The van der Waals surface area contributed by atoms with Crippen molar-refractivity contribution in [1.29, 1.82) is 0 Å². The minimum atomic E-state index is -3.83. The molecule has 1 atom stereocenters. The number of nitrogens with two attached hydrogens (primary N) is 1. The lowest BCUT2D eigenvalue weighted by Gasteiger charge is -2.11. The van der Waals surface area contributed by atoms with E-state index < -0.39 is 27.3 Å². The number of nitrogens with one attached hydrogen (secondary N) is 3. The van der Waals surface area contributed by atoms with E-state index in [2.05, 4.69) is 14.7 Å². The van der Waals surface area contributed by atoms with Gasteiger partial charge in [0.05, 0.1) is 5.39 Å². The molecular weight excluding hydrogens is 286 g/mol. The molecule has 0 aliphatic rings. The Morgan fingerprint density at radius 2 is 2.10 bits per heavy atom. The maximum absolute atomic E-state index is 12.0. The second-order valence-electron chi connectivity index (χ2n) is 4.23. The van der Waals surface area contributed by atoms with Crippen LogP contribution in [0.15, 0.2) is 26.7 Å². The van der Waals surface area contributed by atoms with Gasteiger partial charge in [0.1, 0.15) is 10.5 Å². The predicted octanol–water partition coefficient (Wildman–Crippen LogP) is -1.76. The third kappa shape index (κ3) is 2.76. The lowest BCUT2D eigenvalue weighted by Crippen LogP contribution is -2.37. The average Bonchev–Trinajstić information content (AvgIpc) is 2.37. The maximum atomic E-state index is 12.0. The monoisotopic (exact) mass is 299 g/mol. The van der Waals surface area contributed by atoms with Crippen LogP contribution in [0.3, 0.4) is 0 Å². The summed E-state index contributed by atoms with van der Waals surface area (Å²) in [5.41, 5.74) is 3.95. The van der Waals surface area contributed by atoms with Crippen molar-refractivity contribution in [2.24, 2.45) is 5.73 Å². The van der Waals surface area contributed by atoms with E-state index in [1.54, 1.807) is 6.92 Å². The molecule has 2 aromatic rings. The Morgan fingerprint density at radius 1 is 1.40 bits per heavy atom. The Bertz CT molecular complexity index is 854. The molecule has 108 valence electrons. The Kier molecular flexibility index (Phi) is 3.70. The van der Waals surface area contributed by atoms with Crippen molar-refractivity contribution in [2.75, 3.05) is 6.54 Å². The molecule has 2 aromatic heterocycles. The van der Waals surface area contributed by atoms with Gasteiger partial charge >= 0.3 is 5.69 Å². The van der Waals surface area contributed by atoms with Crippen molar-refractivity contribution < 1.29 is 8.42 Å². The van der Waals surface area contributed by atoms with Crippen LogP contribution in [0.2, 0.25) is 0 Å². The summed E-state index contributed by atoms with van der Waals surface area (Å²) >= 11 is 0. The lowest BCUT2D eigenvalue weighted by atomic mass is 10.3. The fourth-order valence-corrected chi connectivity index (χ4v) is 2.78. The lowest BCUT2D eigenvalue weighted by molar-refractivity contribution is 0.562. The molecule has 9 nitrogen and oxygen atoms in total. The molecule has 20 heavy (non-hydrogen) atoms. The van der Waals surface area contributed by atoms with Gasteiger partial charge in [-0.2, -0.15) is 0 Å². The van der Waals surface area contributed by atoms with Crippen LogP contribution in [-0.2, 0) is 10.0 Å². The van der Waals surface area contributed by atoms with Crippen LogP contribution < -0.4 is 21.7 Å². The van der Waals surface area contributed by atoms with E-state index in [0.29, 0.717) is 0 Å². The van der Waals surface area contributed by atoms with Crippen molar-refractivity contribution >= 4 is 21.1 Å². The number of hydrogen-bond acceptors (Lipinski definition) is 6. The molecule has 0 saturated carbocycles. The summed E-state index contributed by atoms with van der Waals surface area (Å²) in [6.07, 6.45) is 1.06. The number of pyridine rings is 1. The highest BCUT2D eigenvalue weighted by Crippen LogP contribution is 2.11. The number of sulfonamides is 1. The highest BCUT2D eigenvalue weighted by atomic mass is 32.2. The highest BCUT2D eigenvalue weighted by Gasteiger charge is 2.18. The number of H-pyrrole nitrogens is 2. The average molecular weight is 299 g/mol. The standard InChI is InChI=1S/C10H13N5O4S/c1-5(3-11)15-20(18,19)6-2-7-8(12-4-6)13-10(17)14-9(7)16/h2,4-5,15H,3,11H2,1H3,(H2,12,13,14,16,17)/t5-/m0/s1. The quantitative estimate of drug-likeness (QED) is 0.525. The zero-order chi connectivity index (χ0) is 14.9. The molecule has 10 heteroatoms. The van der Waals surface area contributed by atoms with Gasteiger partial charge in [-0.3, -0.25) is 14.8 Å². The Balaban J connectivity index is 2.57. The summed E-state index contributed by atoms with van der Waals surface area (Å²) < 4.78 is 26.4. The first-order valence-electron chi connectivity index (χ1n) is 5.68. The molecular formula is C10H13N5O4S. The van der Waals surface area contributed by atoms with Gasteiger partial charge in [-0.25, -0.2) is 22.9 Å². The summed E-state index contributed by atoms with van der Waals surface area (Å²) in [5.74, 6) is 0. The van der Waals surface area contributed by atoms with Gasteiger partial charge in [0.25, 0.3) is 5.56 Å². The van der Waals surface area contributed by atoms with E-state index >= 15 is 0 Å². The number of fused-ring (bicyclic) bond motifs is 1. The molecule has 0 saturated heterocycles. The molecule has 2 heterocycles. The molecule has 0 fully saturated rings. The second kappa shape index (κ2) is 5.15. The Morgan fingerprint density at radius 3 is 2.75 bits per heavy atom. The summed E-state index contributed by atoms with van der Waals surface area (Å²) in [5, 5.41) is -0.0205. The topological polar surface area (TPSA) is 151 Å². The normalized spacial score (nSPS) is 13.5. The van der Waals surface area contributed by atoms with E-state index in [1.165, 1.54) is 0 Å². The first kappa shape index (κ1) is 14.4. The van der Waals surface area contributed by atoms with E-state index in [9.17, 15) is 18.0 Å². The third-order valence-electron chi connectivity index (χ3n) is 2.59. The number of nitrogens with zero attached hydrogens (tertiary/aromatic N) is 1. The zero-order valence-corrected chi connectivity index (χ0v) is 11.3. The smallest absolute Gasteiger partial charge is 0.327 e. The van der Waals surface area contributed by atoms with Gasteiger partial charge in [-0.05, 0) is 13.0 Å². The van der Waals surface area contributed by atoms with Crippen molar-refractivity contribution in [3.8, 4) is 0 Å². The molecule has 2 rings (SSSR count). The van der Waals surface area contributed by atoms with E-state index in [0.717, 1.165) is 12.3 Å². The van der Waals surface area contributed by atoms with Crippen molar-refractivity contribution in [1.82, 2.24) is 19.7 Å². The van der Waals surface area contributed by atoms with Gasteiger partial charge in [-0.15, -0.1) is 0 Å². The van der Waals surface area contributed by atoms with Crippen LogP contribution in [0, 0.1) is 0 Å². The van der Waals surface area contributed by atoms with Gasteiger partial charge in [0, 0.05) is 18.8 Å². The first-order valence-corrected chi connectivity index (χ1v) is 7.16. The Hall–Kier alpha value is -2.04. The Labute approximate surface area is 113 Å². The van der Waals surface area contributed by atoms with Crippen LogP contribution >= 0.6 is 0 Å². The summed E-state index contributed by atoms with van der Waals surface area (Å²) in [6.45, 7) is 1.74. The molecule has 0 aliphatic heterocycles. The van der Waals surface area contributed by atoms with Crippen LogP contribution in [0.5, 0.6) is 0 Å². The van der Waals surface area contributed by atoms with E-state index in [-0.39, 0.29) is 22.5 Å². The first-order chi connectivity index (χ1) is 9.33. The number of aromatic amines is 2. The summed E-state index contributed by atoms with van der Waals surface area (Å²) in [7, 11) is -3.83. The van der Waals surface area contributed by atoms with E-state index in [1.807, 2.05) is 4.98 Å². The number of aromatic nitrogens is 3. The second-order valence-corrected chi connectivity index (χ2v) is 5.95. The van der Waals surface area contributed by atoms with Crippen LogP contribution in [-0.4, -0.2) is 36.0 Å². The SMILES string of the molecule is C[C@@H](CN)NS(=O)(=O)c1cnc2[nH]c(=O)[nH]c(=O)c2c1. The molecule has 0 aliphatic carbocycles. The van der Waals surface area contributed by atoms with Gasteiger partial charge in [0.15, 0.2) is 0 Å². The van der Waals surface area contributed by atoms with Crippen molar-refractivity contribution in [2.45, 2.75) is 17.9 Å². The molecule has 0 spiro atoms. The van der Waals surface area contributed by atoms with Crippen LogP contribution in [0.25, 0.3) is 11.0 Å². The van der Waals surface area contributed by atoms with Gasteiger partial charge < -0.3 is 5.73 Å². The van der Waals surface area contributed by atoms with Crippen molar-refractivity contribution in [3.63, 3.8) is 0 Å². The maximum Gasteiger partial charge on any atom is 0.327 e. The van der Waals surface area contributed by atoms with Crippen molar-refractivity contribution in [3.05, 3.63) is 33.1 Å². The highest BCUT2D eigenvalue weighted by molar-refractivity contribution is 7.89. The van der Waals surface area contributed by atoms with Crippen LogP contribution in [0.4, 0.5) is 0 Å². The van der Waals surface area contributed by atoms with E-state index in [4.69, 9.17) is 5.73 Å². The minimum Gasteiger partial charge on any atom is -0.329 e. The molecule has 0 aromatic carbocycles. The fourth-order valence-electron chi connectivity index (χ4n) is 1.56. The predicted molar refractivity (Wildman–Crippen MR) is 71.8 cm³/mol. The molecule has 5 N–H and O–H groups in total. The molecule has 0 bridgehead atoms.